The van der Waals surface area contributed by atoms with Crippen LogP contribution in [0.15, 0.2) is 11.6 Å². The van der Waals surface area contributed by atoms with Crippen LogP contribution in [-0.4, -0.2) is 47.8 Å². The monoisotopic (exact) mass is 173 g/mol. The van der Waals surface area contributed by atoms with Gasteiger partial charge in [0.2, 0.25) is 0 Å². The lowest BCUT2D eigenvalue weighted by atomic mass is 10.2. The van der Waals surface area contributed by atoms with Gasteiger partial charge >= 0.3 is 5.97 Å². The van der Waals surface area contributed by atoms with Crippen molar-refractivity contribution in [2.45, 2.75) is 6.92 Å². The molecular formula is C8H15NO3. The molecule has 12 heavy (non-hydrogen) atoms. The smallest absolute Gasteiger partial charge is 0.328 e. The summed E-state index contributed by atoms with van der Waals surface area (Å²) in [4.78, 5) is 12.1. The lowest BCUT2D eigenvalue weighted by molar-refractivity contribution is -0.131. The van der Waals surface area contributed by atoms with Gasteiger partial charge in [0.25, 0.3) is 0 Å². The highest BCUT2D eigenvalue weighted by Gasteiger charge is 1.99. The highest BCUT2D eigenvalue weighted by molar-refractivity contribution is 5.80. The van der Waals surface area contributed by atoms with Crippen molar-refractivity contribution in [3.8, 4) is 0 Å². The van der Waals surface area contributed by atoms with Crippen LogP contribution in [0.3, 0.4) is 0 Å². The van der Waals surface area contributed by atoms with E-state index in [4.69, 9.17) is 10.2 Å². The van der Waals surface area contributed by atoms with Crippen molar-refractivity contribution in [3.05, 3.63) is 11.6 Å². The number of likely N-dealkylation sites (N-methyl/N-ethyl adjacent to an activating group) is 1. The van der Waals surface area contributed by atoms with Gasteiger partial charge in [-0.3, -0.25) is 0 Å². The average Bonchev–Trinajstić information content (AvgIpc) is 1.84. The summed E-state index contributed by atoms with van der Waals surface area (Å²) in [5.74, 6) is -0.926. The average molecular weight is 173 g/mol. The fraction of sp³-hybridized carbons (Fsp3) is 0.625. The number of rotatable bonds is 5. The standard InChI is InChI=1S/C8H15NO3/c1-7(5-8(11)12)6-9(2)3-4-10/h5,10H,3-4,6H2,1-2H3,(H,11,12). The van der Waals surface area contributed by atoms with Crippen LogP contribution in [0, 0.1) is 0 Å². The molecule has 0 bridgehead atoms. The summed E-state index contributed by atoms with van der Waals surface area (Å²) in [6.07, 6.45) is 1.17. The first-order valence-corrected chi connectivity index (χ1v) is 3.75. The molecule has 70 valence electrons. The van der Waals surface area contributed by atoms with E-state index < -0.39 is 5.97 Å². The van der Waals surface area contributed by atoms with Gasteiger partial charge in [0.05, 0.1) is 6.61 Å². The third-order valence-electron chi connectivity index (χ3n) is 1.37. The second kappa shape index (κ2) is 5.74. The SMILES string of the molecule is CC(=CC(=O)O)CN(C)CCO. The fourth-order valence-electron chi connectivity index (χ4n) is 0.932. The number of hydrogen-bond acceptors (Lipinski definition) is 3. The Bertz CT molecular complexity index is 177. The highest BCUT2D eigenvalue weighted by atomic mass is 16.4. The van der Waals surface area contributed by atoms with Crippen LogP contribution in [0.25, 0.3) is 0 Å². The van der Waals surface area contributed by atoms with Crippen molar-refractivity contribution in [1.29, 1.82) is 0 Å². The number of nitrogens with zero attached hydrogens (tertiary/aromatic N) is 1. The van der Waals surface area contributed by atoms with Crippen molar-refractivity contribution in [2.75, 3.05) is 26.7 Å². The molecule has 4 nitrogen and oxygen atoms in total. The first-order valence-electron chi connectivity index (χ1n) is 3.75. The van der Waals surface area contributed by atoms with E-state index in [1.165, 1.54) is 6.08 Å². The Kier molecular flexibility index (Phi) is 5.32. The number of carboxylic acids is 1. The van der Waals surface area contributed by atoms with Crippen molar-refractivity contribution in [2.24, 2.45) is 0 Å². The molecule has 0 amide bonds. The lowest BCUT2D eigenvalue weighted by Gasteiger charge is -2.14. The van der Waals surface area contributed by atoms with Gasteiger partial charge in [0, 0.05) is 19.2 Å². The highest BCUT2D eigenvalue weighted by Crippen LogP contribution is 1.95. The molecule has 0 aliphatic heterocycles. The van der Waals surface area contributed by atoms with Gasteiger partial charge in [0.1, 0.15) is 0 Å². The number of carboxylic acid groups (broad SMARTS) is 1. The van der Waals surface area contributed by atoms with Crippen molar-refractivity contribution in [3.63, 3.8) is 0 Å². The maximum absolute atomic E-state index is 10.2. The van der Waals surface area contributed by atoms with Crippen LogP contribution in [0.5, 0.6) is 0 Å². The predicted octanol–water partition coefficient (Wildman–Crippen LogP) is -0.0586. The minimum Gasteiger partial charge on any atom is -0.478 e. The zero-order valence-corrected chi connectivity index (χ0v) is 7.45. The van der Waals surface area contributed by atoms with Crippen molar-refractivity contribution in [1.82, 2.24) is 4.90 Å². The third-order valence-corrected chi connectivity index (χ3v) is 1.37. The molecule has 0 fully saturated rings. The Balaban J connectivity index is 3.82. The number of aliphatic hydroxyl groups excluding tert-OH is 1. The van der Waals surface area contributed by atoms with E-state index in [2.05, 4.69) is 0 Å². The van der Waals surface area contributed by atoms with Crippen LogP contribution in [0.1, 0.15) is 6.92 Å². The molecule has 0 atom stereocenters. The second-order valence-electron chi connectivity index (χ2n) is 2.79. The van der Waals surface area contributed by atoms with E-state index in [1.54, 1.807) is 6.92 Å². The molecule has 0 spiro atoms. The quantitative estimate of drug-likeness (QED) is 0.572. The molecule has 0 aliphatic rings. The molecule has 0 rings (SSSR count). The third kappa shape index (κ3) is 5.88. The number of hydrogen-bond donors (Lipinski definition) is 2. The molecule has 0 saturated carbocycles. The van der Waals surface area contributed by atoms with Crippen LogP contribution >= 0.6 is 0 Å². The molecular weight excluding hydrogens is 158 g/mol. The van der Waals surface area contributed by atoms with E-state index >= 15 is 0 Å². The van der Waals surface area contributed by atoms with Gasteiger partial charge < -0.3 is 15.1 Å². The van der Waals surface area contributed by atoms with Gasteiger partial charge in [-0.15, -0.1) is 0 Å². The molecule has 0 radical (unpaired) electrons. The van der Waals surface area contributed by atoms with Crippen LogP contribution < -0.4 is 0 Å². The Labute approximate surface area is 72.1 Å². The molecule has 0 aliphatic carbocycles. The zero-order valence-electron chi connectivity index (χ0n) is 7.45. The van der Waals surface area contributed by atoms with E-state index in [0.717, 1.165) is 5.57 Å². The number of aliphatic hydroxyl groups is 1. The fourth-order valence-corrected chi connectivity index (χ4v) is 0.932. The second-order valence-corrected chi connectivity index (χ2v) is 2.79. The lowest BCUT2D eigenvalue weighted by Crippen LogP contribution is -2.24. The van der Waals surface area contributed by atoms with Crippen LogP contribution in [0.4, 0.5) is 0 Å². The molecule has 0 aromatic rings. The maximum atomic E-state index is 10.2. The minimum absolute atomic E-state index is 0.0941. The van der Waals surface area contributed by atoms with E-state index in [-0.39, 0.29) is 6.61 Å². The molecule has 0 aromatic carbocycles. The Morgan fingerprint density at radius 2 is 2.17 bits per heavy atom. The summed E-state index contributed by atoms with van der Waals surface area (Å²) in [5.41, 5.74) is 0.776. The van der Waals surface area contributed by atoms with Crippen molar-refractivity contribution < 1.29 is 15.0 Å². The summed E-state index contributed by atoms with van der Waals surface area (Å²) in [6, 6.07) is 0. The van der Waals surface area contributed by atoms with E-state index in [0.29, 0.717) is 13.1 Å². The topological polar surface area (TPSA) is 60.8 Å². The summed E-state index contributed by atoms with van der Waals surface area (Å²) >= 11 is 0. The number of aliphatic carboxylic acids is 1. The van der Waals surface area contributed by atoms with Gasteiger partial charge in [-0.2, -0.15) is 0 Å². The molecule has 0 unspecified atom stereocenters. The van der Waals surface area contributed by atoms with Crippen LogP contribution in [0.2, 0.25) is 0 Å². The molecule has 0 heterocycles. The predicted molar refractivity (Wildman–Crippen MR) is 46.0 cm³/mol. The van der Waals surface area contributed by atoms with Gasteiger partial charge in [-0.05, 0) is 14.0 Å². The van der Waals surface area contributed by atoms with E-state index in [9.17, 15) is 4.79 Å². The summed E-state index contributed by atoms with van der Waals surface area (Å²) in [7, 11) is 1.83. The first-order chi connectivity index (χ1) is 5.56. The molecule has 4 heteroatoms. The summed E-state index contributed by atoms with van der Waals surface area (Å²) in [6.45, 7) is 2.98. The molecule has 0 saturated heterocycles. The number of carbonyl (C=O) groups is 1. The largest absolute Gasteiger partial charge is 0.478 e. The first kappa shape index (κ1) is 11.1. The molecule has 0 aromatic heterocycles. The van der Waals surface area contributed by atoms with Gasteiger partial charge in [-0.25, -0.2) is 4.79 Å². The Hall–Kier alpha value is -0.870. The minimum atomic E-state index is -0.926. The molecule has 2 N–H and O–H groups in total. The Morgan fingerprint density at radius 3 is 2.58 bits per heavy atom. The maximum Gasteiger partial charge on any atom is 0.328 e. The normalized spacial score (nSPS) is 12.2. The van der Waals surface area contributed by atoms with E-state index in [1.807, 2.05) is 11.9 Å². The summed E-state index contributed by atoms with van der Waals surface area (Å²) < 4.78 is 0. The summed E-state index contributed by atoms with van der Waals surface area (Å²) in [5, 5.41) is 16.9. The van der Waals surface area contributed by atoms with Crippen molar-refractivity contribution >= 4 is 5.97 Å². The zero-order chi connectivity index (χ0) is 9.56. The van der Waals surface area contributed by atoms with Gasteiger partial charge in [0.15, 0.2) is 0 Å². The van der Waals surface area contributed by atoms with Gasteiger partial charge in [-0.1, -0.05) is 5.57 Å². The Morgan fingerprint density at radius 1 is 1.58 bits per heavy atom. The van der Waals surface area contributed by atoms with Crippen LogP contribution in [-0.2, 0) is 4.79 Å².